The Labute approximate surface area is 130 Å². The number of nitrogens with one attached hydrogen (secondary N) is 2. The van der Waals surface area contributed by atoms with Gasteiger partial charge in [-0.3, -0.25) is 4.79 Å². The largest absolute Gasteiger partial charge is 0.469 e. The summed E-state index contributed by atoms with van der Waals surface area (Å²) in [7, 11) is 1.36. The van der Waals surface area contributed by atoms with Crippen LogP contribution < -0.4 is 10.6 Å². The summed E-state index contributed by atoms with van der Waals surface area (Å²) >= 11 is 0. The number of hydrogen-bond acceptors (Lipinski definition) is 5. The molecule has 0 saturated heterocycles. The highest BCUT2D eigenvalue weighted by Gasteiger charge is 2.26. The predicted molar refractivity (Wildman–Crippen MR) is 83.4 cm³/mol. The molecule has 0 fully saturated rings. The van der Waals surface area contributed by atoms with E-state index in [1.807, 2.05) is 6.92 Å². The van der Waals surface area contributed by atoms with E-state index >= 15 is 0 Å². The van der Waals surface area contributed by atoms with Crippen molar-refractivity contribution in [2.45, 2.75) is 26.4 Å². The van der Waals surface area contributed by atoms with Crippen LogP contribution in [0.4, 0.5) is 0 Å². The molecule has 0 radical (unpaired) electrons. The van der Waals surface area contributed by atoms with Crippen molar-refractivity contribution in [2.75, 3.05) is 26.7 Å². The number of furan rings is 1. The molecule has 1 aromatic rings. The van der Waals surface area contributed by atoms with E-state index in [1.54, 1.807) is 26.0 Å². The Bertz CT molecular complexity index is 483. The number of aliphatic hydroxyl groups is 1. The maximum Gasteiger partial charge on any atom is 0.310 e. The smallest absolute Gasteiger partial charge is 0.310 e. The topological polar surface area (TPSA) is 96.1 Å². The molecule has 0 aliphatic rings. The van der Waals surface area contributed by atoms with Gasteiger partial charge in [0.1, 0.15) is 11.4 Å². The first-order valence-corrected chi connectivity index (χ1v) is 7.27. The minimum atomic E-state index is -1.19. The number of nitrogens with zero attached hydrogens (tertiary/aromatic N) is 1. The van der Waals surface area contributed by atoms with Gasteiger partial charge in [-0.25, -0.2) is 4.99 Å². The summed E-state index contributed by atoms with van der Waals surface area (Å²) in [6, 6.07) is 3.42. The number of methoxy groups -OCH3 is 1. The molecule has 0 bridgehead atoms. The lowest BCUT2D eigenvalue weighted by Crippen LogP contribution is -2.41. The van der Waals surface area contributed by atoms with Crippen LogP contribution in [0.15, 0.2) is 27.8 Å². The van der Waals surface area contributed by atoms with Crippen LogP contribution in [0.25, 0.3) is 0 Å². The van der Waals surface area contributed by atoms with E-state index in [1.165, 1.54) is 13.4 Å². The fourth-order valence-electron chi connectivity index (χ4n) is 1.77. The quantitative estimate of drug-likeness (QED) is 0.392. The summed E-state index contributed by atoms with van der Waals surface area (Å²) in [6.45, 7) is 6.52. The Morgan fingerprint density at radius 2 is 2.27 bits per heavy atom. The number of aliphatic imine (C=N–C) groups is 1. The van der Waals surface area contributed by atoms with Gasteiger partial charge < -0.3 is 24.9 Å². The molecule has 0 amide bonds. The highest BCUT2D eigenvalue weighted by Crippen LogP contribution is 2.20. The molecule has 2 atom stereocenters. The van der Waals surface area contributed by atoms with Crippen molar-refractivity contribution in [1.82, 2.24) is 10.6 Å². The summed E-state index contributed by atoms with van der Waals surface area (Å²) in [5.41, 5.74) is -1.19. The Morgan fingerprint density at radius 3 is 2.82 bits per heavy atom. The van der Waals surface area contributed by atoms with Crippen LogP contribution in [0.2, 0.25) is 0 Å². The molecule has 7 heteroatoms. The molecule has 7 nitrogen and oxygen atoms in total. The van der Waals surface area contributed by atoms with Gasteiger partial charge >= 0.3 is 5.97 Å². The van der Waals surface area contributed by atoms with Crippen molar-refractivity contribution in [3.05, 3.63) is 24.2 Å². The highest BCUT2D eigenvalue weighted by molar-refractivity contribution is 5.80. The summed E-state index contributed by atoms with van der Waals surface area (Å²) < 4.78 is 9.89. The Balaban J connectivity index is 2.64. The number of hydrogen-bond donors (Lipinski definition) is 3. The van der Waals surface area contributed by atoms with E-state index in [9.17, 15) is 9.90 Å². The highest BCUT2D eigenvalue weighted by atomic mass is 16.5. The lowest BCUT2D eigenvalue weighted by molar-refractivity contribution is -0.144. The van der Waals surface area contributed by atoms with E-state index in [-0.39, 0.29) is 18.4 Å². The maximum atomic E-state index is 11.4. The molecule has 1 rings (SSSR count). The van der Waals surface area contributed by atoms with Crippen molar-refractivity contribution >= 4 is 11.9 Å². The van der Waals surface area contributed by atoms with Gasteiger partial charge in [-0.05, 0) is 26.0 Å². The van der Waals surface area contributed by atoms with Gasteiger partial charge in [0.05, 0.1) is 25.8 Å². The Hall–Kier alpha value is -2.02. The molecule has 0 spiro atoms. The summed E-state index contributed by atoms with van der Waals surface area (Å²) in [5, 5.41) is 16.5. The van der Waals surface area contributed by atoms with Crippen molar-refractivity contribution in [2.24, 2.45) is 10.9 Å². The van der Waals surface area contributed by atoms with E-state index in [2.05, 4.69) is 20.4 Å². The predicted octanol–water partition coefficient (Wildman–Crippen LogP) is 0.851. The number of carbonyl (C=O) groups is 1. The molecule has 1 aromatic heterocycles. The van der Waals surface area contributed by atoms with E-state index in [4.69, 9.17) is 4.42 Å². The van der Waals surface area contributed by atoms with Crippen LogP contribution in [0, 0.1) is 5.92 Å². The molecular formula is C15H25N3O4. The van der Waals surface area contributed by atoms with Crippen molar-refractivity contribution in [1.29, 1.82) is 0 Å². The average molecular weight is 311 g/mol. The summed E-state index contributed by atoms with van der Waals surface area (Å²) in [4.78, 5) is 15.7. The normalized spacial score (nSPS) is 15.8. The molecule has 0 aromatic carbocycles. The lowest BCUT2D eigenvalue weighted by Gasteiger charge is -2.20. The third-order valence-electron chi connectivity index (χ3n) is 3.12. The first-order valence-electron chi connectivity index (χ1n) is 7.27. The third-order valence-corrected chi connectivity index (χ3v) is 3.12. The van der Waals surface area contributed by atoms with E-state index in [0.29, 0.717) is 24.8 Å². The van der Waals surface area contributed by atoms with Gasteiger partial charge in [0.2, 0.25) is 0 Å². The van der Waals surface area contributed by atoms with E-state index < -0.39 is 5.60 Å². The molecule has 0 saturated carbocycles. The second kappa shape index (κ2) is 8.43. The zero-order valence-electron chi connectivity index (χ0n) is 13.5. The number of carbonyl (C=O) groups excluding carboxylic acids is 1. The number of ether oxygens (including phenoxy) is 1. The molecule has 22 heavy (non-hydrogen) atoms. The second-order valence-electron chi connectivity index (χ2n) is 5.25. The zero-order chi connectivity index (χ0) is 16.6. The van der Waals surface area contributed by atoms with Crippen LogP contribution >= 0.6 is 0 Å². The van der Waals surface area contributed by atoms with Gasteiger partial charge in [-0.1, -0.05) is 6.92 Å². The monoisotopic (exact) mass is 311 g/mol. The number of rotatable bonds is 7. The average Bonchev–Trinajstić information content (AvgIpc) is 3.04. The first-order chi connectivity index (χ1) is 10.4. The third kappa shape index (κ3) is 5.40. The van der Waals surface area contributed by atoms with Crippen LogP contribution in [-0.2, 0) is 15.1 Å². The molecular weight excluding hydrogens is 286 g/mol. The molecule has 0 aliphatic carbocycles. The van der Waals surface area contributed by atoms with Gasteiger partial charge in [0, 0.05) is 13.1 Å². The van der Waals surface area contributed by atoms with Gasteiger partial charge in [-0.15, -0.1) is 0 Å². The van der Waals surface area contributed by atoms with Crippen LogP contribution in [0.3, 0.4) is 0 Å². The maximum absolute atomic E-state index is 11.4. The first kappa shape index (κ1) is 18.0. The zero-order valence-corrected chi connectivity index (χ0v) is 13.5. The van der Waals surface area contributed by atoms with Crippen LogP contribution in [0.5, 0.6) is 0 Å². The van der Waals surface area contributed by atoms with Crippen molar-refractivity contribution < 1.29 is 19.1 Å². The van der Waals surface area contributed by atoms with Gasteiger partial charge in [-0.2, -0.15) is 0 Å². The second-order valence-corrected chi connectivity index (χ2v) is 5.25. The molecule has 2 unspecified atom stereocenters. The number of guanidine groups is 1. The fourth-order valence-corrected chi connectivity index (χ4v) is 1.77. The molecule has 3 N–H and O–H groups in total. The lowest BCUT2D eigenvalue weighted by atomic mass is 10.0. The van der Waals surface area contributed by atoms with Gasteiger partial charge in [0.25, 0.3) is 0 Å². The summed E-state index contributed by atoms with van der Waals surface area (Å²) in [6.07, 6.45) is 1.51. The molecule has 0 aliphatic heterocycles. The SMILES string of the molecule is CCNC(=NCC(C)(O)c1ccco1)NCC(C)C(=O)OC. The van der Waals surface area contributed by atoms with Crippen molar-refractivity contribution in [3.8, 4) is 0 Å². The molecule has 1 heterocycles. The summed E-state index contributed by atoms with van der Waals surface area (Å²) in [5.74, 6) is 0.394. The number of esters is 1. The Kier molecular flexibility index (Phi) is 6.91. The van der Waals surface area contributed by atoms with Crippen LogP contribution in [-0.4, -0.2) is 43.8 Å². The molecule has 124 valence electrons. The minimum absolute atomic E-state index is 0.127. The Morgan fingerprint density at radius 1 is 1.55 bits per heavy atom. The minimum Gasteiger partial charge on any atom is -0.469 e. The standard InChI is InChI=1S/C15H25N3O4/c1-5-16-14(17-9-11(2)13(19)21-4)18-10-15(3,20)12-7-6-8-22-12/h6-8,11,20H,5,9-10H2,1-4H3,(H2,16,17,18). The van der Waals surface area contributed by atoms with Gasteiger partial charge in [0.15, 0.2) is 5.96 Å². The van der Waals surface area contributed by atoms with Crippen LogP contribution in [0.1, 0.15) is 26.5 Å². The fraction of sp³-hybridized carbons (Fsp3) is 0.600. The van der Waals surface area contributed by atoms with E-state index in [0.717, 1.165) is 0 Å². The van der Waals surface area contributed by atoms with Crippen molar-refractivity contribution in [3.63, 3.8) is 0 Å².